The first-order chi connectivity index (χ1) is 15.0. The van der Waals surface area contributed by atoms with Gasteiger partial charge in [0.25, 0.3) is 11.5 Å². The summed E-state index contributed by atoms with van der Waals surface area (Å²) in [5, 5.41) is 3.31. The number of methoxy groups -OCH3 is 1. The fraction of sp³-hybridized carbons (Fsp3) is 0.286. The molecule has 0 aliphatic carbocycles. The number of piperidine rings is 1. The number of halogens is 1. The molecule has 1 fully saturated rings. The van der Waals surface area contributed by atoms with Crippen LogP contribution in [-0.4, -0.2) is 47.0 Å². The number of rotatable bonds is 4. The fourth-order valence-corrected chi connectivity index (χ4v) is 3.62. The van der Waals surface area contributed by atoms with Gasteiger partial charge in [-0.3, -0.25) is 9.59 Å². The molecule has 10 heteroatoms. The van der Waals surface area contributed by atoms with Crippen LogP contribution in [0.25, 0.3) is 11.0 Å². The molecule has 0 bridgehead atoms. The summed E-state index contributed by atoms with van der Waals surface area (Å²) in [6.07, 6.45) is 4.93. The number of carbonyl (C=O) groups is 2. The number of H-pyrrole nitrogens is 1. The lowest BCUT2D eigenvalue weighted by Crippen LogP contribution is -2.31. The Morgan fingerprint density at radius 1 is 1.19 bits per heavy atom. The summed E-state index contributed by atoms with van der Waals surface area (Å²) in [5.41, 5.74) is 0.0526. The summed E-state index contributed by atoms with van der Waals surface area (Å²) in [5.74, 6) is -0.684. The number of anilines is 2. The molecule has 2 N–H and O–H groups in total. The molecule has 0 saturated carbocycles. The molecule has 1 amide bonds. The Labute approximate surface area is 182 Å². The zero-order chi connectivity index (χ0) is 22.0. The normalized spacial score (nSPS) is 13.8. The van der Waals surface area contributed by atoms with Crippen molar-refractivity contribution in [2.45, 2.75) is 19.3 Å². The average molecular weight is 442 g/mol. The smallest absolute Gasteiger partial charge is 0.337 e. The Hall–Kier alpha value is -3.46. The third-order valence-corrected chi connectivity index (χ3v) is 5.43. The number of amides is 1. The Morgan fingerprint density at radius 2 is 1.97 bits per heavy atom. The lowest BCUT2D eigenvalue weighted by Gasteiger charge is -2.26. The van der Waals surface area contributed by atoms with Crippen LogP contribution in [0.3, 0.4) is 0 Å². The fourth-order valence-electron chi connectivity index (χ4n) is 3.45. The van der Waals surface area contributed by atoms with E-state index in [0.29, 0.717) is 17.0 Å². The van der Waals surface area contributed by atoms with Crippen LogP contribution < -0.4 is 15.8 Å². The number of hydrogen-bond acceptors (Lipinski definition) is 7. The summed E-state index contributed by atoms with van der Waals surface area (Å²) in [6.45, 7) is 1.75. The average Bonchev–Trinajstić information content (AvgIpc) is 2.79. The standard InChI is InChI=1S/C21H20ClN5O4/c1-31-20(30)12-5-6-15(22)16(10-12)24-18(28)14-9-13-11-23-21(26-17(13)25-19(14)29)27-7-3-2-4-8-27/h5-6,9-11H,2-4,7-8H2,1H3,(H,24,28)(H,23,25,26,29). The van der Waals surface area contributed by atoms with Crippen LogP contribution in [0.2, 0.25) is 5.02 Å². The summed E-state index contributed by atoms with van der Waals surface area (Å²) < 4.78 is 4.67. The number of aromatic nitrogens is 3. The Morgan fingerprint density at radius 3 is 2.71 bits per heavy atom. The maximum atomic E-state index is 12.7. The quantitative estimate of drug-likeness (QED) is 0.597. The number of fused-ring (bicyclic) bond motifs is 1. The molecule has 0 spiro atoms. The van der Waals surface area contributed by atoms with Gasteiger partial charge >= 0.3 is 5.97 Å². The van der Waals surface area contributed by atoms with Crippen molar-refractivity contribution in [3.05, 3.63) is 57.0 Å². The molecule has 1 aliphatic rings. The van der Waals surface area contributed by atoms with E-state index in [0.717, 1.165) is 25.9 Å². The molecule has 0 radical (unpaired) electrons. The van der Waals surface area contributed by atoms with Gasteiger partial charge in [0.1, 0.15) is 11.2 Å². The number of esters is 1. The third kappa shape index (κ3) is 4.36. The van der Waals surface area contributed by atoms with E-state index in [1.54, 1.807) is 6.20 Å². The first-order valence-electron chi connectivity index (χ1n) is 9.80. The molecule has 1 saturated heterocycles. The van der Waals surface area contributed by atoms with Gasteiger partial charge in [0.2, 0.25) is 5.95 Å². The van der Waals surface area contributed by atoms with Crippen LogP contribution in [0, 0.1) is 0 Å². The molecule has 3 aromatic rings. The number of benzene rings is 1. The first-order valence-corrected chi connectivity index (χ1v) is 10.2. The van der Waals surface area contributed by atoms with Crippen molar-refractivity contribution in [3.63, 3.8) is 0 Å². The molecule has 31 heavy (non-hydrogen) atoms. The lowest BCUT2D eigenvalue weighted by atomic mass is 10.1. The van der Waals surface area contributed by atoms with Crippen LogP contribution in [-0.2, 0) is 4.74 Å². The third-order valence-electron chi connectivity index (χ3n) is 5.10. The van der Waals surface area contributed by atoms with Crippen LogP contribution in [0.1, 0.15) is 40.0 Å². The Kier molecular flexibility index (Phi) is 5.85. The highest BCUT2D eigenvalue weighted by molar-refractivity contribution is 6.34. The summed E-state index contributed by atoms with van der Waals surface area (Å²) in [6, 6.07) is 5.75. The minimum absolute atomic E-state index is 0.124. The van der Waals surface area contributed by atoms with Crippen LogP contribution in [0.15, 0.2) is 35.3 Å². The minimum Gasteiger partial charge on any atom is -0.465 e. The minimum atomic E-state index is -0.674. The van der Waals surface area contributed by atoms with Gasteiger partial charge in [0.05, 0.1) is 23.4 Å². The van der Waals surface area contributed by atoms with E-state index < -0.39 is 17.4 Å². The van der Waals surface area contributed by atoms with Gasteiger partial charge in [-0.05, 0) is 43.5 Å². The number of pyridine rings is 1. The maximum Gasteiger partial charge on any atom is 0.337 e. The Balaban J connectivity index is 1.62. The molecule has 1 aliphatic heterocycles. The second-order valence-corrected chi connectivity index (χ2v) is 7.58. The molecule has 1 aromatic carbocycles. The van der Waals surface area contributed by atoms with E-state index in [-0.39, 0.29) is 21.8 Å². The van der Waals surface area contributed by atoms with E-state index >= 15 is 0 Å². The van der Waals surface area contributed by atoms with E-state index in [2.05, 4.69) is 29.9 Å². The topological polar surface area (TPSA) is 117 Å². The van der Waals surface area contributed by atoms with E-state index in [4.69, 9.17) is 11.6 Å². The summed E-state index contributed by atoms with van der Waals surface area (Å²) in [7, 11) is 1.25. The van der Waals surface area contributed by atoms with Crippen molar-refractivity contribution in [1.82, 2.24) is 15.0 Å². The molecule has 0 atom stereocenters. The van der Waals surface area contributed by atoms with E-state index in [9.17, 15) is 14.4 Å². The lowest BCUT2D eigenvalue weighted by molar-refractivity contribution is 0.0600. The molecule has 9 nitrogen and oxygen atoms in total. The molecule has 4 rings (SSSR count). The van der Waals surface area contributed by atoms with Crippen LogP contribution in [0.5, 0.6) is 0 Å². The van der Waals surface area contributed by atoms with E-state index in [1.807, 2.05) is 0 Å². The van der Waals surface area contributed by atoms with Gasteiger partial charge < -0.3 is 19.9 Å². The van der Waals surface area contributed by atoms with Gasteiger partial charge in [-0.2, -0.15) is 4.98 Å². The van der Waals surface area contributed by atoms with E-state index in [1.165, 1.54) is 37.8 Å². The highest BCUT2D eigenvalue weighted by Gasteiger charge is 2.18. The van der Waals surface area contributed by atoms with Crippen molar-refractivity contribution in [1.29, 1.82) is 0 Å². The second kappa shape index (κ2) is 8.73. The molecule has 0 unspecified atom stereocenters. The number of nitrogens with one attached hydrogen (secondary N) is 2. The van der Waals surface area contributed by atoms with Crippen LogP contribution >= 0.6 is 11.6 Å². The van der Waals surface area contributed by atoms with Crippen molar-refractivity contribution in [2.24, 2.45) is 0 Å². The number of nitrogens with zero attached hydrogens (tertiary/aromatic N) is 3. The maximum absolute atomic E-state index is 12.7. The molecular weight excluding hydrogens is 422 g/mol. The number of hydrogen-bond donors (Lipinski definition) is 2. The number of carbonyl (C=O) groups excluding carboxylic acids is 2. The number of ether oxygens (including phenoxy) is 1. The van der Waals surface area contributed by atoms with Gasteiger partial charge in [-0.25, -0.2) is 9.78 Å². The van der Waals surface area contributed by atoms with Crippen molar-refractivity contribution in [2.75, 3.05) is 30.4 Å². The van der Waals surface area contributed by atoms with Crippen LogP contribution in [0.4, 0.5) is 11.6 Å². The molecule has 160 valence electrons. The first kappa shape index (κ1) is 20.8. The van der Waals surface area contributed by atoms with Gasteiger partial charge in [-0.1, -0.05) is 11.6 Å². The van der Waals surface area contributed by atoms with Gasteiger partial charge in [-0.15, -0.1) is 0 Å². The monoisotopic (exact) mass is 441 g/mol. The molecule has 2 aromatic heterocycles. The number of aromatic amines is 1. The summed E-state index contributed by atoms with van der Waals surface area (Å²) in [4.78, 5) is 50.6. The second-order valence-electron chi connectivity index (χ2n) is 7.17. The summed E-state index contributed by atoms with van der Waals surface area (Å²) >= 11 is 6.12. The largest absolute Gasteiger partial charge is 0.465 e. The van der Waals surface area contributed by atoms with Gasteiger partial charge in [0.15, 0.2) is 0 Å². The SMILES string of the molecule is COC(=O)c1ccc(Cl)c(NC(=O)c2cc3cnc(N4CCCCC4)nc3[nH]c2=O)c1. The predicted octanol–water partition coefficient (Wildman–Crippen LogP) is 3.00. The zero-order valence-electron chi connectivity index (χ0n) is 16.8. The molecular formula is C21H20ClN5O4. The molecule has 3 heterocycles. The Bertz CT molecular complexity index is 1220. The van der Waals surface area contributed by atoms with Gasteiger partial charge in [0, 0.05) is 24.7 Å². The van der Waals surface area contributed by atoms with Crippen molar-refractivity contribution < 1.29 is 14.3 Å². The van der Waals surface area contributed by atoms with Crippen molar-refractivity contribution >= 4 is 46.1 Å². The highest BCUT2D eigenvalue weighted by Crippen LogP contribution is 2.24. The zero-order valence-corrected chi connectivity index (χ0v) is 17.5. The predicted molar refractivity (Wildman–Crippen MR) is 117 cm³/mol. The highest BCUT2D eigenvalue weighted by atomic mass is 35.5. The van der Waals surface area contributed by atoms with Crippen molar-refractivity contribution in [3.8, 4) is 0 Å².